The second-order valence-corrected chi connectivity index (χ2v) is 2.58. The van der Waals surface area contributed by atoms with Crippen LogP contribution >= 0.6 is 0 Å². The average Bonchev–Trinajstić information content (AvgIpc) is 1.84. The molecule has 0 bridgehead atoms. The fourth-order valence-electron chi connectivity index (χ4n) is 0.583. The summed E-state index contributed by atoms with van der Waals surface area (Å²) in [6, 6.07) is 2.15. The number of allylic oxidation sites excluding steroid dienone is 1. The molecule has 50 valence electrons. The molecule has 0 rings (SSSR count). The van der Waals surface area contributed by atoms with Gasteiger partial charge in [0.2, 0.25) is 0 Å². The van der Waals surface area contributed by atoms with Crippen molar-refractivity contribution >= 4 is 0 Å². The Bertz CT molecular complexity index is 139. The van der Waals surface area contributed by atoms with Gasteiger partial charge < -0.3 is 0 Å². The first-order chi connectivity index (χ1) is 4.09. The van der Waals surface area contributed by atoms with Crippen LogP contribution in [-0.4, -0.2) is 0 Å². The maximum Gasteiger partial charge on any atom is 0.0697 e. The molecular weight excluding hydrogens is 110 g/mol. The highest BCUT2D eigenvalue weighted by Crippen LogP contribution is 2.15. The van der Waals surface area contributed by atoms with Gasteiger partial charge in [0.15, 0.2) is 0 Å². The molecule has 0 aliphatic carbocycles. The van der Waals surface area contributed by atoms with E-state index in [0.717, 1.165) is 5.57 Å². The number of hydrogen-bond donors (Lipinski definition) is 0. The first-order valence-electron chi connectivity index (χ1n) is 3.18. The summed E-state index contributed by atoms with van der Waals surface area (Å²) in [5.74, 6) is 0.435. The van der Waals surface area contributed by atoms with Crippen molar-refractivity contribution in [1.82, 2.24) is 0 Å². The Morgan fingerprint density at radius 2 is 1.89 bits per heavy atom. The summed E-state index contributed by atoms with van der Waals surface area (Å²) in [7, 11) is 0. The van der Waals surface area contributed by atoms with Gasteiger partial charge in [0.25, 0.3) is 0 Å². The van der Waals surface area contributed by atoms with Gasteiger partial charge >= 0.3 is 0 Å². The summed E-state index contributed by atoms with van der Waals surface area (Å²) >= 11 is 0. The molecule has 0 aromatic carbocycles. The standard InChI is InChI=1S/C8H13N/c1-6(2)8(4)7(3)5-9/h6-7H,4H2,1-3H3. The molecule has 0 amide bonds. The van der Waals surface area contributed by atoms with Crippen LogP contribution < -0.4 is 0 Å². The van der Waals surface area contributed by atoms with Gasteiger partial charge in [-0.3, -0.25) is 0 Å². The third-order valence-corrected chi connectivity index (χ3v) is 1.49. The molecule has 0 N–H and O–H groups in total. The van der Waals surface area contributed by atoms with Crippen LogP contribution in [0, 0.1) is 23.2 Å². The maximum atomic E-state index is 8.44. The van der Waals surface area contributed by atoms with Gasteiger partial charge in [0.05, 0.1) is 12.0 Å². The fourth-order valence-corrected chi connectivity index (χ4v) is 0.583. The zero-order chi connectivity index (χ0) is 7.44. The lowest BCUT2D eigenvalue weighted by Gasteiger charge is -2.09. The van der Waals surface area contributed by atoms with Crippen molar-refractivity contribution in [3.63, 3.8) is 0 Å². The van der Waals surface area contributed by atoms with E-state index in [1.165, 1.54) is 0 Å². The largest absolute Gasteiger partial charge is 0.198 e. The van der Waals surface area contributed by atoms with Crippen LogP contribution in [0.4, 0.5) is 0 Å². The van der Waals surface area contributed by atoms with Crippen LogP contribution in [0.2, 0.25) is 0 Å². The number of nitriles is 1. The van der Waals surface area contributed by atoms with Crippen molar-refractivity contribution in [3.05, 3.63) is 12.2 Å². The van der Waals surface area contributed by atoms with Crippen LogP contribution in [0.3, 0.4) is 0 Å². The van der Waals surface area contributed by atoms with Gasteiger partial charge in [-0.25, -0.2) is 0 Å². The van der Waals surface area contributed by atoms with E-state index < -0.39 is 0 Å². The van der Waals surface area contributed by atoms with Crippen molar-refractivity contribution in [2.75, 3.05) is 0 Å². The van der Waals surface area contributed by atoms with Crippen LogP contribution in [0.15, 0.2) is 12.2 Å². The van der Waals surface area contributed by atoms with E-state index in [0.29, 0.717) is 5.92 Å². The second kappa shape index (κ2) is 3.29. The van der Waals surface area contributed by atoms with E-state index in [9.17, 15) is 0 Å². The Hall–Kier alpha value is -0.770. The second-order valence-electron chi connectivity index (χ2n) is 2.58. The summed E-state index contributed by atoms with van der Waals surface area (Å²) in [4.78, 5) is 0. The van der Waals surface area contributed by atoms with Crippen molar-refractivity contribution in [2.24, 2.45) is 11.8 Å². The van der Waals surface area contributed by atoms with E-state index in [2.05, 4.69) is 26.5 Å². The third kappa shape index (κ3) is 2.32. The van der Waals surface area contributed by atoms with E-state index in [1.54, 1.807) is 0 Å². The predicted octanol–water partition coefficient (Wildman–Crippen LogP) is 2.36. The molecule has 0 saturated heterocycles. The lowest BCUT2D eigenvalue weighted by atomic mass is 9.94. The van der Waals surface area contributed by atoms with Gasteiger partial charge in [-0.1, -0.05) is 26.0 Å². The molecule has 0 aliphatic rings. The van der Waals surface area contributed by atoms with Crippen molar-refractivity contribution < 1.29 is 0 Å². The lowest BCUT2D eigenvalue weighted by molar-refractivity contribution is 0.676. The monoisotopic (exact) mass is 123 g/mol. The van der Waals surface area contributed by atoms with Crippen LogP contribution in [0.5, 0.6) is 0 Å². The average molecular weight is 123 g/mol. The van der Waals surface area contributed by atoms with Crippen molar-refractivity contribution in [1.29, 1.82) is 5.26 Å². The van der Waals surface area contributed by atoms with Crippen LogP contribution in [0.25, 0.3) is 0 Å². The molecule has 1 nitrogen and oxygen atoms in total. The zero-order valence-corrected chi connectivity index (χ0v) is 6.31. The minimum absolute atomic E-state index is 0.00463. The van der Waals surface area contributed by atoms with Gasteiger partial charge in [0, 0.05) is 0 Å². The molecule has 0 aromatic rings. The summed E-state index contributed by atoms with van der Waals surface area (Å²) in [5.41, 5.74) is 1.03. The Morgan fingerprint density at radius 1 is 1.44 bits per heavy atom. The molecule has 1 heteroatoms. The first-order valence-corrected chi connectivity index (χ1v) is 3.18. The van der Waals surface area contributed by atoms with Crippen molar-refractivity contribution in [2.45, 2.75) is 20.8 Å². The van der Waals surface area contributed by atoms with E-state index in [-0.39, 0.29) is 5.92 Å². The highest BCUT2D eigenvalue weighted by Gasteiger charge is 2.07. The van der Waals surface area contributed by atoms with E-state index >= 15 is 0 Å². The summed E-state index contributed by atoms with van der Waals surface area (Å²) in [5, 5.41) is 8.44. The summed E-state index contributed by atoms with van der Waals surface area (Å²) in [6.45, 7) is 9.78. The highest BCUT2D eigenvalue weighted by molar-refractivity contribution is 5.10. The minimum atomic E-state index is 0.00463. The Kier molecular flexibility index (Phi) is 3.01. The molecule has 0 fully saturated rings. The molecule has 1 atom stereocenters. The Morgan fingerprint density at radius 3 is 2.00 bits per heavy atom. The zero-order valence-electron chi connectivity index (χ0n) is 6.31. The molecule has 0 heterocycles. The molecular formula is C8H13N. The molecule has 1 unspecified atom stereocenters. The predicted molar refractivity (Wildman–Crippen MR) is 38.8 cm³/mol. The Balaban J connectivity index is 3.92. The van der Waals surface area contributed by atoms with Crippen LogP contribution in [-0.2, 0) is 0 Å². The van der Waals surface area contributed by atoms with Crippen LogP contribution in [0.1, 0.15) is 20.8 Å². The summed E-state index contributed by atoms with van der Waals surface area (Å²) < 4.78 is 0. The third-order valence-electron chi connectivity index (χ3n) is 1.49. The topological polar surface area (TPSA) is 23.8 Å². The van der Waals surface area contributed by atoms with E-state index in [1.807, 2.05) is 6.92 Å². The molecule has 0 aliphatic heterocycles. The molecule has 0 spiro atoms. The number of nitrogens with zero attached hydrogens (tertiary/aromatic N) is 1. The van der Waals surface area contributed by atoms with Crippen molar-refractivity contribution in [3.8, 4) is 6.07 Å². The van der Waals surface area contributed by atoms with Gasteiger partial charge in [-0.2, -0.15) is 5.26 Å². The number of rotatable bonds is 2. The molecule has 0 aromatic heterocycles. The van der Waals surface area contributed by atoms with Gasteiger partial charge in [-0.15, -0.1) is 0 Å². The minimum Gasteiger partial charge on any atom is -0.198 e. The van der Waals surface area contributed by atoms with Gasteiger partial charge in [0.1, 0.15) is 0 Å². The normalized spacial score (nSPS) is 12.8. The van der Waals surface area contributed by atoms with E-state index in [4.69, 9.17) is 5.26 Å². The van der Waals surface area contributed by atoms with Gasteiger partial charge in [-0.05, 0) is 12.8 Å². The SMILES string of the molecule is C=C(C(C)C)C(C)C#N. The fraction of sp³-hybridized carbons (Fsp3) is 0.625. The summed E-state index contributed by atoms with van der Waals surface area (Å²) in [6.07, 6.45) is 0. The number of hydrogen-bond acceptors (Lipinski definition) is 1. The maximum absolute atomic E-state index is 8.44. The smallest absolute Gasteiger partial charge is 0.0697 e. The molecule has 0 saturated carbocycles. The molecule has 9 heavy (non-hydrogen) atoms. The highest BCUT2D eigenvalue weighted by atomic mass is 14.3. The molecule has 0 radical (unpaired) electrons. The quantitative estimate of drug-likeness (QED) is 0.517. The lowest BCUT2D eigenvalue weighted by Crippen LogP contribution is -2.01. The first kappa shape index (κ1) is 8.23. The Labute approximate surface area is 57.0 Å².